The standard InChI is InChI=1S/C17H32O2/c1-16(2)9-11-17(19-3,12-10-16)15(18)13-14-7-5-4-6-8-14/h14-15,18H,4-13H2,1-3H3. The zero-order valence-corrected chi connectivity index (χ0v) is 13.1. The van der Waals surface area contributed by atoms with E-state index in [2.05, 4.69) is 13.8 Å². The molecule has 0 amide bonds. The van der Waals surface area contributed by atoms with Gasteiger partial charge in [0.2, 0.25) is 0 Å². The van der Waals surface area contributed by atoms with Crippen LogP contribution in [0.25, 0.3) is 0 Å². The van der Waals surface area contributed by atoms with Gasteiger partial charge in [-0.1, -0.05) is 46.0 Å². The minimum atomic E-state index is -0.267. The molecule has 0 saturated heterocycles. The highest BCUT2D eigenvalue weighted by molar-refractivity contribution is 4.96. The van der Waals surface area contributed by atoms with Gasteiger partial charge in [0.1, 0.15) is 0 Å². The molecule has 0 aromatic carbocycles. The van der Waals surface area contributed by atoms with Crippen molar-refractivity contribution in [2.45, 2.75) is 89.8 Å². The highest BCUT2D eigenvalue weighted by atomic mass is 16.5. The number of aliphatic hydroxyl groups excluding tert-OH is 1. The summed E-state index contributed by atoms with van der Waals surface area (Å²) in [7, 11) is 1.79. The van der Waals surface area contributed by atoms with Crippen LogP contribution in [0.4, 0.5) is 0 Å². The molecule has 0 aromatic heterocycles. The summed E-state index contributed by atoms with van der Waals surface area (Å²) in [5.74, 6) is 0.728. The van der Waals surface area contributed by atoms with E-state index in [1.807, 2.05) is 0 Å². The van der Waals surface area contributed by atoms with Crippen LogP contribution >= 0.6 is 0 Å². The molecule has 2 nitrogen and oxygen atoms in total. The summed E-state index contributed by atoms with van der Waals surface area (Å²) in [4.78, 5) is 0. The fourth-order valence-electron chi connectivity index (χ4n) is 3.98. The molecule has 2 rings (SSSR count). The van der Waals surface area contributed by atoms with Crippen LogP contribution in [-0.2, 0) is 4.74 Å². The Labute approximate surface area is 118 Å². The number of rotatable bonds is 4. The monoisotopic (exact) mass is 268 g/mol. The van der Waals surface area contributed by atoms with E-state index >= 15 is 0 Å². The predicted molar refractivity (Wildman–Crippen MR) is 79.2 cm³/mol. The van der Waals surface area contributed by atoms with Gasteiger partial charge >= 0.3 is 0 Å². The summed E-state index contributed by atoms with van der Waals surface area (Å²) in [6.07, 6.45) is 11.8. The summed E-state index contributed by atoms with van der Waals surface area (Å²) in [6, 6.07) is 0. The Hall–Kier alpha value is -0.0800. The van der Waals surface area contributed by atoms with E-state index in [0.717, 1.165) is 25.2 Å². The lowest BCUT2D eigenvalue weighted by Gasteiger charge is -2.46. The van der Waals surface area contributed by atoms with E-state index < -0.39 is 0 Å². The number of ether oxygens (including phenoxy) is 1. The van der Waals surface area contributed by atoms with Crippen molar-refractivity contribution in [3.05, 3.63) is 0 Å². The molecule has 1 unspecified atom stereocenters. The Bertz CT molecular complexity index is 269. The average molecular weight is 268 g/mol. The fraction of sp³-hybridized carbons (Fsp3) is 1.00. The van der Waals surface area contributed by atoms with E-state index in [1.165, 1.54) is 44.9 Å². The van der Waals surface area contributed by atoms with Crippen LogP contribution in [0.3, 0.4) is 0 Å². The molecule has 0 radical (unpaired) electrons. The van der Waals surface area contributed by atoms with E-state index in [9.17, 15) is 5.11 Å². The largest absolute Gasteiger partial charge is 0.390 e. The van der Waals surface area contributed by atoms with Crippen LogP contribution in [-0.4, -0.2) is 23.9 Å². The summed E-state index contributed by atoms with van der Waals surface area (Å²) in [5, 5.41) is 10.7. The van der Waals surface area contributed by atoms with Gasteiger partial charge in [-0.25, -0.2) is 0 Å². The van der Waals surface area contributed by atoms with Gasteiger partial charge in [0, 0.05) is 7.11 Å². The Kier molecular flexibility index (Phi) is 4.94. The van der Waals surface area contributed by atoms with E-state index in [0.29, 0.717) is 5.41 Å². The van der Waals surface area contributed by atoms with Gasteiger partial charge in [0.05, 0.1) is 11.7 Å². The number of hydrogen-bond acceptors (Lipinski definition) is 2. The van der Waals surface area contributed by atoms with Crippen LogP contribution in [0.2, 0.25) is 0 Å². The molecule has 2 saturated carbocycles. The summed E-state index contributed by atoms with van der Waals surface area (Å²) >= 11 is 0. The Morgan fingerprint density at radius 3 is 2.16 bits per heavy atom. The maximum absolute atomic E-state index is 10.7. The molecule has 2 heteroatoms. The fourth-order valence-corrected chi connectivity index (χ4v) is 3.98. The molecule has 2 aliphatic carbocycles. The quantitative estimate of drug-likeness (QED) is 0.823. The molecule has 0 aliphatic heterocycles. The van der Waals surface area contributed by atoms with Crippen molar-refractivity contribution in [1.82, 2.24) is 0 Å². The maximum Gasteiger partial charge on any atom is 0.0936 e. The highest BCUT2D eigenvalue weighted by Crippen LogP contribution is 2.45. The van der Waals surface area contributed by atoms with Crippen molar-refractivity contribution in [1.29, 1.82) is 0 Å². The zero-order valence-electron chi connectivity index (χ0n) is 13.1. The molecule has 19 heavy (non-hydrogen) atoms. The summed E-state index contributed by atoms with van der Waals surface area (Å²) in [6.45, 7) is 4.67. The van der Waals surface area contributed by atoms with Crippen molar-refractivity contribution in [2.75, 3.05) is 7.11 Å². The minimum Gasteiger partial charge on any atom is -0.390 e. The lowest BCUT2D eigenvalue weighted by molar-refractivity contribution is -0.142. The lowest BCUT2D eigenvalue weighted by Crippen LogP contribution is -2.49. The van der Waals surface area contributed by atoms with Gasteiger partial charge in [0.25, 0.3) is 0 Å². The number of methoxy groups -OCH3 is 1. The molecular weight excluding hydrogens is 236 g/mol. The molecule has 112 valence electrons. The van der Waals surface area contributed by atoms with Crippen molar-refractivity contribution < 1.29 is 9.84 Å². The molecule has 2 aliphatic rings. The van der Waals surface area contributed by atoms with Gasteiger partial charge < -0.3 is 9.84 Å². The van der Waals surface area contributed by atoms with Gasteiger partial charge in [-0.2, -0.15) is 0 Å². The predicted octanol–water partition coefficient (Wildman–Crippen LogP) is 4.30. The van der Waals surface area contributed by atoms with Gasteiger partial charge in [-0.05, 0) is 43.4 Å². The second-order valence-electron chi connectivity index (χ2n) is 7.69. The number of hydrogen-bond donors (Lipinski definition) is 1. The van der Waals surface area contributed by atoms with Crippen molar-refractivity contribution >= 4 is 0 Å². The Morgan fingerprint density at radius 2 is 1.63 bits per heavy atom. The third-order valence-corrected chi connectivity index (χ3v) is 5.75. The molecule has 0 aromatic rings. The first kappa shape index (κ1) is 15.3. The molecule has 1 N–H and O–H groups in total. The average Bonchev–Trinajstić information content (AvgIpc) is 2.40. The van der Waals surface area contributed by atoms with E-state index in [1.54, 1.807) is 7.11 Å². The Balaban J connectivity index is 1.92. The molecule has 2 fully saturated rings. The molecule has 0 bridgehead atoms. The smallest absolute Gasteiger partial charge is 0.0936 e. The van der Waals surface area contributed by atoms with Crippen LogP contribution in [0.5, 0.6) is 0 Å². The molecule has 0 spiro atoms. The molecular formula is C17H32O2. The second kappa shape index (κ2) is 6.13. The first-order valence-electron chi connectivity index (χ1n) is 8.21. The van der Waals surface area contributed by atoms with E-state index in [-0.39, 0.29) is 11.7 Å². The molecule has 0 heterocycles. The van der Waals surface area contributed by atoms with Gasteiger partial charge in [-0.3, -0.25) is 0 Å². The number of aliphatic hydroxyl groups is 1. The summed E-state index contributed by atoms with van der Waals surface area (Å²) in [5.41, 5.74) is 0.166. The first-order chi connectivity index (χ1) is 8.97. The summed E-state index contributed by atoms with van der Waals surface area (Å²) < 4.78 is 5.83. The van der Waals surface area contributed by atoms with Gasteiger partial charge in [-0.15, -0.1) is 0 Å². The van der Waals surface area contributed by atoms with E-state index in [4.69, 9.17) is 4.74 Å². The molecule has 1 atom stereocenters. The lowest BCUT2D eigenvalue weighted by atomic mass is 9.67. The van der Waals surface area contributed by atoms with Crippen LogP contribution in [0.1, 0.15) is 78.1 Å². The normalized spacial score (nSPS) is 29.1. The SMILES string of the molecule is COC1(C(O)CC2CCCCC2)CCC(C)(C)CC1. The minimum absolute atomic E-state index is 0.257. The topological polar surface area (TPSA) is 29.5 Å². The van der Waals surface area contributed by atoms with Crippen LogP contribution in [0.15, 0.2) is 0 Å². The third-order valence-electron chi connectivity index (χ3n) is 5.75. The Morgan fingerprint density at radius 1 is 1.05 bits per heavy atom. The van der Waals surface area contributed by atoms with Gasteiger partial charge in [0.15, 0.2) is 0 Å². The maximum atomic E-state index is 10.7. The zero-order chi connectivity index (χ0) is 13.9. The van der Waals surface area contributed by atoms with Crippen LogP contribution < -0.4 is 0 Å². The third kappa shape index (κ3) is 3.72. The van der Waals surface area contributed by atoms with Crippen molar-refractivity contribution in [3.8, 4) is 0 Å². The van der Waals surface area contributed by atoms with Crippen molar-refractivity contribution in [3.63, 3.8) is 0 Å². The highest BCUT2D eigenvalue weighted by Gasteiger charge is 2.44. The van der Waals surface area contributed by atoms with Crippen molar-refractivity contribution in [2.24, 2.45) is 11.3 Å². The second-order valence-corrected chi connectivity index (χ2v) is 7.69. The first-order valence-corrected chi connectivity index (χ1v) is 8.21. The van der Waals surface area contributed by atoms with Crippen LogP contribution in [0, 0.1) is 11.3 Å².